The van der Waals surface area contributed by atoms with Crippen LogP contribution < -0.4 is 5.32 Å². The van der Waals surface area contributed by atoms with Crippen LogP contribution in [0, 0.1) is 0 Å². The van der Waals surface area contributed by atoms with E-state index in [-0.39, 0.29) is 0 Å². The minimum Gasteiger partial charge on any atom is -0.368 e. The smallest absolute Gasteiger partial charge is 0.132 e. The predicted molar refractivity (Wildman–Crippen MR) is 80.9 cm³/mol. The zero-order valence-corrected chi connectivity index (χ0v) is 12.2. The Morgan fingerprint density at radius 1 is 1.16 bits per heavy atom. The van der Waals surface area contributed by atoms with E-state index in [1.165, 1.54) is 48.7 Å². The van der Waals surface area contributed by atoms with Gasteiger partial charge in [0.25, 0.3) is 0 Å². The van der Waals surface area contributed by atoms with E-state index in [0.717, 1.165) is 31.7 Å². The summed E-state index contributed by atoms with van der Waals surface area (Å²) >= 11 is 2.06. The van der Waals surface area contributed by atoms with Crippen molar-refractivity contribution < 1.29 is 0 Å². The summed E-state index contributed by atoms with van der Waals surface area (Å²) in [6, 6.07) is 0. The van der Waals surface area contributed by atoms with E-state index in [2.05, 4.69) is 31.9 Å². The van der Waals surface area contributed by atoms with Crippen LogP contribution in [0.15, 0.2) is 6.33 Å². The molecule has 0 atom stereocenters. The van der Waals surface area contributed by atoms with Crippen molar-refractivity contribution in [2.24, 2.45) is 0 Å². The third-order valence-electron chi connectivity index (χ3n) is 3.95. The van der Waals surface area contributed by atoms with E-state index in [9.17, 15) is 0 Å². The fourth-order valence-corrected chi connectivity index (χ4v) is 3.81. The number of nitrogens with zero attached hydrogens (tertiary/aromatic N) is 3. The Morgan fingerprint density at radius 3 is 2.89 bits per heavy atom. The lowest BCUT2D eigenvalue weighted by Crippen LogP contribution is -2.36. The lowest BCUT2D eigenvalue weighted by Gasteiger charge is -2.26. The summed E-state index contributed by atoms with van der Waals surface area (Å²) < 4.78 is 0. The van der Waals surface area contributed by atoms with Crippen LogP contribution in [0.25, 0.3) is 0 Å². The molecule has 4 nitrogen and oxygen atoms in total. The molecule has 19 heavy (non-hydrogen) atoms. The van der Waals surface area contributed by atoms with Gasteiger partial charge in [0.1, 0.15) is 12.1 Å². The van der Waals surface area contributed by atoms with Gasteiger partial charge in [-0.1, -0.05) is 0 Å². The van der Waals surface area contributed by atoms with Gasteiger partial charge in [0.15, 0.2) is 0 Å². The van der Waals surface area contributed by atoms with Gasteiger partial charge in [-0.05, 0) is 25.7 Å². The highest BCUT2D eigenvalue weighted by atomic mass is 32.2. The largest absolute Gasteiger partial charge is 0.368 e. The summed E-state index contributed by atoms with van der Waals surface area (Å²) in [5.74, 6) is 3.64. The van der Waals surface area contributed by atoms with Crippen molar-refractivity contribution in [3.05, 3.63) is 17.6 Å². The third kappa shape index (κ3) is 3.39. The number of hydrogen-bond acceptors (Lipinski definition) is 5. The van der Waals surface area contributed by atoms with Crippen LogP contribution in [-0.4, -0.2) is 52.6 Å². The summed E-state index contributed by atoms with van der Waals surface area (Å²) in [5.41, 5.74) is 2.63. The Balaban J connectivity index is 1.54. The highest BCUT2D eigenvalue weighted by Gasteiger charge is 2.15. The molecule has 1 saturated heterocycles. The summed E-state index contributed by atoms with van der Waals surface area (Å²) in [6.07, 6.45) is 6.52. The molecule has 3 rings (SSSR count). The van der Waals surface area contributed by atoms with Gasteiger partial charge in [0.2, 0.25) is 0 Å². The monoisotopic (exact) mass is 278 g/mol. The number of aromatic nitrogens is 2. The zero-order chi connectivity index (χ0) is 12.9. The average molecular weight is 278 g/mol. The fourth-order valence-electron chi connectivity index (χ4n) is 2.83. The molecule has 1 aliphatic heterocycles. The highest BCUT2D eigenvalue weighted by molar-refractivity contribution is 7.99. The van der Waals surface area contributed by atoms with E-state index >= 15 is 0 Å². The lowest BCUT2D eigenvalue weighted by atomic mass is 9.96. The van der Waals surface area contributed by atoms with Crippen LogP contribution >= 0.6 is 11.8 Å². The molecule has 5 heteroatoms. The maximum atomic E-state index is 4.43. The van der Waals surface area contributed by atoms with E-state index in [1.54, 1.807) is 6.33 Å². The SMILES string of the molecule is c1nc2c(c(NCCN3CCSCC3)n1)CCCC2. The number of fused-ring (bicyclic) bond motifs is 1. The molecule has 1 aromatic rings. The molecule has 0 unspecified atom stereocenters. The molecule has 2 aliphatic rings. The van der Waals surface area contributed by atoms with Gasteiger partial charge in [0, 0.05) is 48.9 Å². The second kappa shape index (κ2) is 6.57. The second-order valence-corrected chi connectivity index (χ2v) is 6.46. The molecule has 0 amide bonds. The Hall–Kier alpha value is -0.810. The number of thioether (sulfide) groups is 1. The molecule has 1 aromatic heterocycles. The molecule has 104 valence electrons. The second-order valence-electron chi connectivity index (χ2n) is 5.24. The zero-order valence-electron chi connectivity index (χ0n) is 11.4. The van der Waals surface area contributed by atoms with Crippen LogP contribution in [0.1, 0.15) is 24.1 Å². The molecule has 1 fully saturated rings. The van der Waals surface area contributed by atoms with Crippen LogP contribution in [0.4, 0.5) is 5.82 Å². The van der Waals surface area contributed by atoms with Crippen LogP contribution in [0.3, 0.4) is 0 Å². The molecular weight excluding hydrogens is 256 g/mol. The molecule has 0 spiro atoms. The lowest BCUT2D eigenvalue weighted by molar-refractivity contribution is 0.314. The Labute approximate surface area is 119 Å². The van der Waals surface area contributed by atoms with Crippen molar-refractivity contribution >= 4 is 17.6 Å². The topological polar surface area (TPSA) is 41.1 Å². The van der Waals surface area contributed by atoms with Crippen molar-refractivity contribution in [1.82, 2.24) is 14.9 Å². The van der Waals surface area contributed by atoms with E-state index < -0.39 is 0 Å². The number of rotatable bonds is 4. The normalized spacial score (nSPS) is 20.0. The molecule has 1 N–H and O–H groups in total. The molecular formula is C14H22N4S. The first kappa shape index (κ1) is 13.2. The summed E-state index contributed by atoms with van der Waals surface area (Å²) in [4.78, 5) is 11.4. The van der Waals surface area contributed by atoms with Crippen molar-refractivity contribution in [2.75, 3.05) is 43.0 Å². The van der Waals surface area contributed by atoms with E-state index in [1.807, 2.05) is 0 Å². The first-order valence-corrected chi connectivity index (χ1v) is 8.46. The van der Waals surface area contributed by atoms with Crippen molar-refractivity contribution in [3.63, 3.8) is 0 Å². The van der Waals surface area contributed by atoms with Gasteiger partial charge < -0.3 is 5.32 Å². The van der Waals surface area contributed by atoms with Crippen LogP contribution in [0.2, 0.25) is 0 Å². The highest BCUT2D eigenvalue weighted by Crippen LogP contribution is 2.24. The number of nitrogens with one attached hydrogen (secondary N) is 1. The number of aryl methyl sites for hydroxylation is 1. The van der Waals surface area contributed by atoms with Crippen LogP contribution in [0.5, 0.6) is 0 Å². The van der Waals surface area contributed by atoms with Gasteiger partial charge in [-0.2, -0.15) is 11.8 Å². The van der Waals surface area contributed by atoms with Gasteiger partial charge in [-0.15, -0.1) is 0 Å². The third-order valence-corrected chi connectivity index (χ3v) is 4.89. The fraction of sp³-hybridized carbons (Fsp3) is 0.714. The maximum absolute atomic E-state index is 4.43. The number of anilines is 1. The molecule has 0 aromatic carbocycles. The molecule has 2 heterocycles. The minimum atomic E-state index is 0.994. The van der Waals surface area contributed by atoms with Gasteiger partial charge in [0.05, 0.1) is 0 Å². The van der Waals surface area contributed by atoms with Crippen molar-refractivity contribution in [1.29, 1.82) is 0 Å². The van der Waals surface area contributed by atoms with Gasteiger partial charge in [-0.25, -0.2) is 9.97 Å². The summed E-state index contributed by atoms with van der Waals surface area (Å²) in [5, 5.41) is 3.52. The Bertz CT molecular complexity index is 418. The minimum absolute atomic E-state index is 0.994. The Morgan fingerprint density at radius 2 is 2.00 bits per heavy atom. The van der Waals surface area contributed by atoms with Crippen molar-refractivity contribution in [2.45, 2.75) is 25.7 Å². The molecule has 0 radical (unpaired) electrons. The molecule has 0 bridgehead atoms. The quantitative estimate of drug-likeness (QED) is 0.910. The maximum Gasteiger partial charge on any atom is 0.132 e. The first-order chi connectivity index (χ1) is 9.43. The van der Waals surface area contributed by atoms with E-state index in [0.29, 0.717) is 0 Å². The molecule has 0 saturated carbocycles. The molecule has 1 aliphatic carbocycles. The van der Waals surface area contributed by atoms with Gasteiger partial charge in [-0.3, -0.25) is 4.90 Å². The Kier molecular flexibility index (Phi) is 4.56. The van der Waals surface area contributed by atoms with Crippen molar-refractivity contribution in [3.8, 4) is 0 Å². The summed E-state index contributed by atoms with van der Waals surface area (Å²) in [6.45, 7) is 4.58. The predicted octanol–water partition coefficient (Wildman–Crippen LogP) is 1.82. The summed E-state index contributed by atoms with van der Waals surface area (Å²) in [7, 11) is 0. The average Bonchev–Trinajstić information content (AvgIpc) is 2.49. The van der Waals surface area contributed by atoms with Gasteiger partial charge >= 0.3 is 0 Å². The first-order valence-electron chi connectivity index (χ1n) is 7.30. The van der Waals surface area contributed by atoms with Crippen LogP contribution in [-0.2, 0) is 12.8 Å². The number of hydrogen-bond donors (Lipinski definition) is 1. The standard InChI is InChI=1S/C14H22N4S/c1-2-4-13-12(3-1)14(17-11-16-13)15-5-6-18-7-9-19-10-8-18/h11H,1-10H2,(H,15,16,17). The van der Waals surface area contributed by atoms with E-state index in [4.69, 9.17) is 0 Å².